The Hall–Kier alpha value is -1.14. The maximum absolute atomic E-state index is 13.6. The van der Waals surface area contributed by atoms with E-state index in [1.165, 1.54) is 12.1 Å². The number of rotatable bonds is 2. The van der Waals surface area contributed by atoms with Gasteiger partial charge in [0.1, 0.15) is 5.54 Å². The Morgan fingerprint density at radius 1 is 1.35 bits per heavy atom. The van der Waals surface area contributed by atoms with Gasteiger partial charge in [0.15, 0.2) is 11.6 Å². The van der Waals surface area contributed by atoms with Gasteiger partial charge in [0.25, 0.3) is 6.43 Å². The normalized spacial score (nSPS) is 35.1. The van der Waals surface area contributed by atoms with Crippen LogP contribution in [0.2, 0.25) is 0 Å². The van der Waals surface area contributed by atoms with Crippen LogP contribution >= 0.6 is 0 Å². The molecule has 1 heterocycles. The molecule has 0 aromatic heterocycles. The topological polar surface area (TPSA) is 21.3 Å². The van der Waals surface area contributed by atoms with Crippen LogP contribution in [-0.2, 0) is 10.4 Å². The summed E-state index contributed by atoms with van der Waals surface area (Å²) in [6.07, 6.45) is -2.75. The number of halogens is 4. The Labute approximate surface area is 94.5 Å². The molecule has 1 aliphatic heterocycles. The van der Waals surface area contributed by atoms with E-state index in [2.05, 4.69) is 5.48 Å². The zero-order valence-electron chi connectivity index (χ0n) is 8.59. The smallest absolute Gasteiger partial charge is 0.263 e. The van der Waals surface area contributed by atoms with E-state index in [-0.39, 0.29) is 11.7 Å². The van der Waals surface area contributed by atoms with Crippen LogP contribution in [0.3, 0.4) is 0 Å². The molecule has 17 heavy (non-hydrogen) atoms. The largest absolute Gasteiger partial charge is 0.297 e. The zero-order valence-corrected chi connectivity index (χ0v) is 8.59. The summed E-state index contributed by atoms with van der Waals surface area (Å²) in [6, 6.07) is 3.29. The van der Waals surface area contributed by atoms with Gasteiger partial charge in [-0.25, -0.2) is 17.6 Å². The van der Waals surface area contributed by atoms with Crippen molar-refractivity contribution >= 4 is 0 Å². The van der Waals surface area contributed by atoms with Crippen molar-refractivity contribution in [1.29, 1.82) is 0 Å². The Kier molecular flexibility index (Phi) is 2.21. The third-order valence-electron chi connectivity index (χ3n) is 3.44. The van der Waals surface area contributed by atoms with Gasteiger partial charge < -0.3 is 0 Å². The van der Waals surface area contributed by atoms with Gasteiger partial charge in [0, 0.05) is 11.5 Å². The third kappa shape index (κ3) is 1.34. The van der Waals surface area contributed by atoms with Gasteiger partial charge >= 0.3 is 0 Å². The lowest BCUT2D eigenvalue weighted by Crippen LogP contribution is -2.47. The second-order valence-corrected chi connectivity index (χ2v) is 4.37. The van der Waals surface area contributed by atoms with Crippen molar-refractivity contribution in [2.24, 2.45) is 5.92 Å². The molecule has 0 radical (unpaired) electrons. The molecule has 3 atom stereocenters. The van der Waals surface area contributed by atoms with Gasteiger partial charge in [-0.3, -0.25) is 4.84 Å². The first-order chi connectivity index (χ1) is 8.07. The average molecular weight is 247 g/mol. The Balaban J connectivity index is 2.14. The van der Waals surface area contributed by atoms with E-state index in [9.17, 15) is 17.6 Å². The summed E-state index contributed by atoms with van der Waals surface area (Å²) < 4.78 is 53.2. The van der Waals surface area contributed by atoms with E-state index >= 15 is 0 Å². The summed E-state index contributed by atoms with van der Waals surface area (Å²) in [7, 11) is 0. The maximum atomic E-state index is 13.6. The fourth-order valence-electron chi connectivity index (χ4n) is 2.43. The molecule has 1 N–H and O–H groups in total. The van der Waals surface area contributed by atoms with Crippen molar-refractivity contribution in [2.75, 3.05) is 0 Å². The molecule has 0 amide bonds. The van der Waals surface area contributed by atoms with Crippen molar-refractivity contribution in [3.63, 3.8) is 0 Å². The predicted molar refractivity (Wildman–Crippen MR) is 50.2 cm³/mol. The van der Waals surface area contributed by atoms with Crippen LogP contribution in [0.5, 0.6) is 0 Å². The summed E-state index contributed by atoms with van der Waals surface area (Å²) in [6.45, 7) is 0. The number of fused-ring (bicyclic) bond motifs is 1. The lowest BCUT2D eigenvalue weighted by molar-refractivity contribution is -0.0569. The molecule has 92 valence electrons. The van der Waals surface area contributed by atoms with Crippen molar-refractivity contribution in [3.8, 4) is 0 Å². The monoisotopic (exact) mass is 247 g/mol. The van der Waals surface area contributed by atoms with Crippen LogP contribution in [-0.4, -0.2) is 12.5 Å². The Bertz CT molecular complexity index is 467. The summed E-state index contributed by atoms with van der Waals surface area (Å²) in [4.78, 5) is 4.93. The molecule has 2 fully saturated rings. The van der Waals surface area contributed by atoms with Crippen LogP contribution in [0, 0.1) is 17.6 Å². The van der Waals surface area contributed by atoms with Crippen LogP contribution < -0.4 is 5.48 Å². The Morgan fingerprint density at radius 2 is 2.12 bits per heavy atom. The molecule has 1 aromatic carbocycles. The van der Waals surface area contributed by atoms with Gasteiger partial charge in [-0.15, -0.1) is 0 Å². The van der Waals surface area contributed by atoms with Crippen molar-refractivity contribution in [3.05, 3.63) is 35.4 Å². The highest BCUT2D eigenvalue weighted by atomic mass is 19.3. The van der Waals surface area contributed by atoms with E-state index in [4.69, 9.17) is 4.84 Å². The zero-order chi connectivity index (χ0) is 12.2. The fourth-order valence-corrected chi connectivity index (χ4v) is 2.43. The lowest BCUT2D eigenvalue weighted by Gasteiger charge is -2.30. The average Bonchev–Trinajstić information content (AvgIpc) is 2.97. The minimum atomic E-state index is -2.86. The molecule has 6 heteroatoms. The first kappa shape index (κ1) is 11.0. The molecule has 0 spiro atoms. The van der Waals surface area contributed by atoms with Crippen LogP contribution in [0.25, 0.3) is 0 Å². The predicted octanol–water partition coefficient (Wildman–Crippen LogP) is 2.35. The number of hydroxylamine groups is 1. The summed E-state index contributed by atoms with van der Waals surface area (Å²) >= 11 is 0. The molecule has 3 rings (SSSR count). The summed E-state index contributed by atoms with van der Waals surface area (Å²) in [5, 5.41) is 0. The molecule has 1 saturated carbocycles. The number of hydrogen-bond donors (Lipinski definition) is 1. The molecule has 0 unspecified atom stereocenters. The second-order valence-electron chi connectivity index (χ2n) is 4.37. The molecule has 1 aromatic rings. The second kappa shape index (κ2) is 3.43. The highest BCUT2D eigenvalue weighted by Gasteiger charge is 2.66. The van der Waals surface area contributed by atoms with Gasteiger partial charge in [-0.05, 0) is 12.5 Å². The summed E-state index contributed by atoms with van der Waals surface area (Å²) in [5.74, 6) is -2.87. The van der Waals surface area contributed by atoms with Gasteiger partial charge in [0.05, 0.1) is 6.10 Å². The number of nitrogens with one attached hydrogen (secondary N) is 1. The lowest BCUT2D eigenvalue weighted by atomic mass is 9.86. The minimum Gasteiger partial charge on any atom is -0.297 e. The number of alkyl halides is 2. The molecule has 0 bridgehead atoms. The molecule has 2 nitrogen and oxygen atoms in total. The molecule has 1 saturated heterocycles. The van der Waals surface area contributed by atoms with Crippen LogP contribution in [0.15, 0.2) is 18.2 Å². The SMILES string of the molecule is Fc1cccc([C@@]2(C(F)F)NO[C@@H]3C[C@@H]32)c1F. The first-order valence-corrected chi connectivity index (χ1v) is 5.23. The van der Waals surface area contributed by atoms with Crippen LogP contribution in [0.1, 0.15) is 12.0 Å². The minimum absolute atomic E-state index is 0.327. The fraction of sp³-hybridized carbons (Fsp3) is 0.455. The Morgan fingerprint density at radius 3 is 2.65 bits per heavy atom. The van der Waals surface area contributed by atoms with E-state index in [1.54, 1.807) is 0 Å². The summed E-state index contributed by atoms with van der Waals surface area (Å²) in [5.41, 5.74) is -0.0865. The number of benzene rings is 1. The molecular weight excluding hydrogens is 238 g/mol. The van der Waals surface area contributed by atoms with E-state index in [0.717, 1.165) is 6.07 Å². The van der Waals surface area contributed by atoms with Gasteiger partial charge in [0.2, 0.25) is 0 Å². The van der Waals surface area contributed by atoms with E-state index in [0.29, 0.717) is 6.42 Å². The van der Waals surface area contributed by atoms with Gasteiger partial charge in [-0.1, -0.05) is 12.1 Å². The van der Waals surface area contributed by atoms with Crippen molar-refractivity contribution in [2.45, 2.75) is 24.5 Å². The number of hydrogen-bond acceptors (Lipinski definition) is 2. The van der Waals surface area contributed by atoms with Crippen molar-refractivity contribution < 1.29 is 22.4 Å². The standard InChI is InChI=1S/C11H9F4NO/c12-7-3-1-2-5(9(7)13)11(10(14)15)6-4-8(6)17-16-11/h1-3,6,8,10,16H,4H2/t6-,8+,11+/m0/s1. The highest BCUT2D eigenvalue weighted by molar-refractivity contribution is 5.33. The molecule has 1 aliphatic carbocycles. The third-order valence-corrected chi connectivity index (χ3v) is 3.44. The van der Waals surface area contributed by atoms with Gasteiger partial charge in [-0.2, -0.15) is 5.48 Å². The quantitative estimate of drug-likeness (QED) is 0.810. The van der Waals surface area contributed by atoms with Crippen LogP contribution in [0.4, 0.5) is 17.6 Å². The molecular formula is C11H9F4NO. The van der Waals surface area contributed by atoms with Crippen molar-refractivity contribution in [1.82, 2.24) is 5.48 Å². The first-order valence-electron chi connectivity index (χ1n) is 5.23. The maximum Gasteiger partial charge on any atom is 0.263 e. The van der Waals surface area contributed by atoms with E-state index in [1.807, 2.05) is 0 Å². The molecule has 2 aliphatic rings. The highest BCUT2D eigenvalue weighted by Crippen LogP contribution is 2.55. The van der Waals surface area contributed by atoms with E-state index < -0.39 is 29.5 Å².